The van der Waals surface area contributed by atoms with Gasteiger partial charge < -0.3 is 4.74 Å². The first kappa shape index (κ1) is 19.4. The van der Waals surface area contributed by atoms with Gasteiger partial charge in [-0.15, -0.1) is 0 Å². The van der Waals surface area contributed by atoms with Gasteiger partial charge in [0.25, 0.3) is 0 Å². The van der Waals surface area contributed by atoms with Gasteiger partial charge in [0.05, 0.1) is 11.5 Å². The highest BCUT2D eigenvalue weighted by Crippen LogP contribution is 2.29. The minimum absolute atomic E-state index is 0.284. The van der Waals surface area contributed by atoms with Gasteiger partial charge in [-0.3, -0.25) is 4.90 Å². The van der Waals surface area contributed by atoms with Crippen LogP contribution < -0.4 is 4.74 Å². The van der Waals surface area contributed by atoms with Crippen molar-refractivity contribution in [1.82, 2.24) is 9.21 Å². The van der Waals surface area contributed by atoms with E-state index in [0.29, 0.717) is 24.6 Å². The average Bonchev–Trinajstić information content (AvgIpc) is 3.20. The van der Waals surface area contributed by atoms with Gasteiger partial charge in [0.2, 0.25) is 10.0 Å². The zero-order valence-electron chi connectivity index (χ0n) is 16.6. The van der Waals surface area contributed by atoms with Crippen molar-refractivity contribution in [3.63, 3.8) is 0 Å². The molecule has 1 atom stereocenters. The van der Waals surface area contributed by atoms with Gasteiger partial charge in [-0.05, 0) is 61.6 Å². The smallest absolute Gasteiger partial charge is 0.243 e. The summed E-state index contributed by atoms with van der Waals surface area (Å²) < 4.78 is 33.5. The van der Waals surface area contributed by atoms with E-state index >= 15 is 0 Å². The second-order valence-electron chi connectivity index (χ2n) is 7.66. The molecule has 2 aromatic carbocycles. The van der Waals surface area contributed by atoms with E-state index in [0.717, 1.165) is 37.2 Å². The fourth-order valence-corrected chi connectivity index (χ4v) is 5.88. The van der Waals surface area contributed by atoms with Crippen LogP contribution in [0.1, 0.15) is 30.0 Å². The topological polar surface area (TPSA) is 49.9 Å². The second kappa shape index (κ2) is 7.85. The number of ether oxygens (including phenoxy) is 1. The minimum atomic E-state index is -3.47. The molecule has 6 heteroatoms. The van der Waals surface area contributed by atoms with Crippen LogP contribution in [0.5, 0.6) is 5.75 Å². The van der Waals surface area contributed by atoms with Crippen molar-refractivity contribution in [3.8, 4) is 5.75 Å². The van der Waals surface area contributed by atoms with Crippen LogP contribution in [0.15, 0.2) is 47.4 Å². The van der Waals surface area contributed by atoms with E-state index in [1.165, 1.54) is 11.1 Å². The van der Waals surface area contributed by atoms with Crippen LogP contribution in [-0.4, -0.2) is 49.9 Å². The van der Waals surface area contributed by atoms with Gasteiger partial charge in [-0.25, -0.2) is 8.42 Å². The van der Waals surface area contributed by atoms with Crippen molar-refractivity contribution in [1.29, 1.82) is 0 Å². The van der Waals surface area contributed by atoms with Crippen molar-refractivity contribution >= 4 is 10.0 Å². The summed E-state index contributed by atoms with van der Waals surface area (Å²) in [7, 11) is -3.47. The summed E-state index contributed by atoms with van der Waals surface area (Å²) in [5.41, 5.74) is 3.65. The minimum Gasteiger partial charge on any atom is -0.494 e. The van der Waals surface area contributed by atoms with Crippen LogP contribution >= 0.6 is 0 Å². The molecule has 0 bridgehead atoms. The lowest BCUT2D eigenvalue weighted by Crippen LogP contribution is -2.41. The maximum Gasteiger partial charge on any atom is 0.243 e. The molecular formula is C22H28N2O3S. The Balaban J connectivity index is 1.47. The fraction of sp³-hybridized carbons (Fsp3) is 0.455. The van der Waals surface area contributed by atoms with Crippen LogP contribution in [0.4, 0.5) is 0 Å². The predicted octanol–water partition coefficient (Wildman–Crippen LogP) is 3.22. The molecule has 2 aliphatic heterocycles. The summed E-state index contributed by atoms with van der Waals surface area (Å²) in [5.74, 6) is 0.743. The summed E-state index contributed by atoms with van der Waals surface area (Å²) in [6.45, 7) is 7.44. The summed E-state index contributed by atoms with van der Waals surface area (Å²) in [5, 5.41) is 0. The standard InChI is InChI=1S/C22H28N2O3S/c1-3-27-22-9-8-21(14-17(22)2)28(25,26)24-13-11-20(16-24)23-12-10-18-6-4-5-7-19(18)15-23/h4-9,14,20H,3,10-13,15-16H2,1-2H3. The number of nitrogens with zero attached hydrogens (tertiary/aromatic N) is 2. The first-order valence-corrected chi connectivity index (χ1v) is 11.5. The van der Waals surface area contributed by atoms with Gasteiger partial charge >= 0.3 is 0 Å². The molecule has 0 spiro atoms. The summed E-state index contributed by atoms with van der Waals surface area (Å²) in [6, 6.07) is 14.0. The van der Waals surface area contributed by atoms with Crippen LogP contribution in [-0.2, 0) is 23.0 Å². The Morgan fingerprint density at radius 2 is 1.89 bits per heavy atom. The molecule has 28 heavy (non-hydrogen) atoms. The molecule has 2 heterocycles. The number of aryl methyl sites for hydroxylation is 1. The number of hydrogen-bond acceptors (Lipinski definition) is 4. The molecule has 150 valence electrons. The molecule has 0 aliphatic carbocycles. The molecule has 0 amide bonds. The third-order valence-corrected chi connectivity index (χ3v) is 7.75. The molecule has 2 aromatic rings. The quantitative estimate of drug-likeness (QED) is 0.773. The van der Waals surface area contributed by atoms with Gasteiger partial charge in [-0.1, -0.05) is 24.3 Å². The molecule has 1 fully saturated rings. The van der Waals surface area contributed by atoms with E-state index in [2.05, 4.69) is 29.2 Å². The van der Waals surface area contributed by atoms with Crippen LogP contribution in [0.25, 0.3) is 0 Å². The Bertz CT molecular complexity index is 958. The van der Waals surface area contributed by atoms with E-state index in [1.807, 2.05) is 13.8 Å². The average molecular weight is 401 g/mol. The predicted molar refractivity (Wildman–Crippen MR) is 110 cm³/mol. The second-order valence-corrected chi connectivity index (χ2v) is 9.59. The molecule has 1 saturated heterocycles. The van der Waals surface area contributed by atoms with Crippen molar-refractivity contribution in [2.75, 3.05) is 26.2 Å². The molecule has 5 nitrogen and oxygen atoms in total. The summed E-state index contributed by atoms with van der Waals surface area (Å²) in [6.07, 6.45) is 1.93. The van der Waals surface area contributed by atoms with Crippen molar-refractivity contribution < 1.29 is 13.2 Å². The highest BCUT2D eigenvalue weighted by atomic mass is 32.2. The molecular weight excluding hydrogens is 372 g/mol. The van der Waals surface area contributed by atoms with E-state index < -0.39 is 10.0 Å². The van der Waals surface area contributed by atoms with Crippen molar-refractivity contribution in [2.24, 2.45) is 0 Å². The molecule has 0 aromatic heterocycles. The molecule has 0 saturated carbocycles. The Labute approximate surface area is 168 Å². The van der Waals surface area contributed by atoms with E-state index in [9.17, 15) is 8.42 Å². The number of rotatable bonds is 5. The van der Waals surface area contributed by atoms with Gasteiger partial charge in [0, 0.05) is 32.2 Å². The normalized spacial score (nSPS) is 20.9. The lowest BCUT2D eigenvalue weighted by Gasteiger charge is -2.33. The van der Waals surface area contributed by atoms with Crippen molar-refractivity contribution in [2.45, 2.75) is 44.2 Å². The zero-order valence-corrected chi connectivity index (χ0v) is 17.4. The third kappa shape index (κ3) is 3.69. The van der Waals surface area contributed by atoms with E-state index in [-0.39, 0.29) is 6.04 Å². The lowest BCUT2D eigenvalue weighted by molar-refractivity contribution is 0.185. The molecule has 1 unspecified atom stereocenters. The fourth-order valence-electron chi connectivity index (χ4n) is 4.31. The van der Waals surface area contributed by atoms with Crippen molar-refractivity contribution in [3.05, 3.63) is 59.2 Å². The van der Waals surface area contributed by atoms with Gasteiger partial charge in [0.15, 0.2) is 0 Å². The first-order valence-electron chi connectivity index (χ1n) is 10.0. The number of benzene rings is 2. The highest BCUT2D eigenvalue weighted by molar-refractivity contribution is 7.89. The van der Waals surface area contributed by atoms with Gasteiger partial charge in [0.1, 0.15) is 5.75 Å². The number of sulfonamides is 1. The molecule has 0 radical (unpaired) electrons. The maximum atomic E-state index is 13.1. The first-order chi connectivity index (χ1) is 13.5. The summed E-state index contributed by atoms with van der Waals surface area (Å²) >= 11 is 0. The van der Waals surface area contributed by atoms with E-state index in [4.69, 9.17) is 4.74 Å². The third-order valence-electron chi connectivity index (χ3n) is 5.89. The molecule has 4 rings (SSSR count). The molecule has 2 aliphatic rings. The number of hydrogen-bond donors (Lipinski definition) is 0. The number of fused-ring (bicyclic) bond motifs is 1. The summed E-state index contributed by atoms with van der Waals surface area (Å²) in [4.78, 5) is 2.81. The Hall–Kier alpha value is -1.89. The molecule has 0 N–H and O–H groups in total. The van der Waals surface area contributed by atoms with E-state index in [1.54, 1.807) is 22.5 Å². The van der Waals surface area contributed by atoms with Gasteiger partial charge in [-0.2, -0.15) is 4.31 Å². The maximum absolute atomic E-state index is 13.1. The highest BCUT2D eigenvalue weighted by Gasteiger charge is 2.36. The largest absolute Gasteiger partial charge is 0.494 e. The Morgan fingerprint density at radius 1 is 1.11 bits per heavy atom. The zero-order chi connectivity index (χ0) is 19.7. The van der Waals surface area contributed by atoms with Crippen LogP contribution in [0.3, 0.4) is 0 Å². The van der Waals surface area contributed by atoms with Crippen LogP contribution in [0.2, 0.25) is 0 Å². The Kier molecular flexibility index (Phi) is 5.45. The monoisotopic (exact) mass is 400 g/mol. The lowest BCUT2D eigenvalue weighted by atomic mass is 9.98. The van der Waals surface area contributed by atoms with Crippen LogP contribution in [0, 0.1) is 6.92 Å². The SMILES string of the molecule is CCOc1ccc(S(=O)(=O)N2CCC(N3CCc4ccccc4C3)C2)cc1C. The Morgan fingerprint density at radius 3 is 2.64 bits per heavy atom.